The number of fused-ring (bicyclic) bond motifs is 1. The number of methoxy groups -OCH3 is 1. The van der Waals surface area contributed by atoms with E-state index in [1.165, 1.54) is 6.07 Å². The predicted octanol–water partition coefficient (Wildman–Crippen LogP) is 7.19. The zero-order chi connectivity index (χ0) is 29.3. The maximum atomic E-state index is 13.1. The number of anilines is 2. The van der Waals surface area contributed by atoms with Gasteiger partial charge in [0.05, 0.1) is 45.0 Å². The van der Waals surface area contributed by atoms with Gasteiger partial charge in [0.15, 0.2) is 0 Å². The lowest BCUT2D eigenvalue weighted by atomic mass is 10.1. The number of nitrogens with one attached hydrogen (secondary N) is 3. The van der Waals surface area contributed by atoms with Gasteiger partial charge in [-0.15, -0.1) is 0 Å². The fourth-order valence-corrected chi connectivity index (χ4v) is 4.45. The summed E-state index contributed by atoms with van der Waals surface area (Å²) in [5, 5.41) is 17.0. The summed E-state index contributed by atoms with van der Waals surface area (Å²) in [7, 11) is 1.16. The van der Waals surface area contributed by atoms with Crippen molar-refractivity contribution >= 4 is 75.0 Å². The molecule has 12 heteroatoms. The Labute approximate surface area is 248 Å². The molecule has 0 aliphatic rings. The maximum Gasteiger partial charge on any atom is 0.340 e. The molecule has 0 aliphatic carbocycles. The number of aromatic hydroxyl groups is 1. The number of hydrogen-bond acceptors (Lipinski definition) is 6. The SMILES string of the molecule is COC(=O)c1cc(O)c(C(=O)Nc2ccc(Cl)cc2)cc1NC(=O)c1ccc(-c2nc3cc(Cl)c(Cl)cc3[nH]2)cc1. The number of hydrogen-bond donors (Lipinski definition) is 4. The van der Waals surface area contributed by atoms with Crippen molar-refractivity contribution < 1.29 is 24.2 Å². The highest BCUT2D eigenvalue weighted by molar-refractivity contribution is 6.42. The Balaban J connectivity index is 1.40. The third-order valence-corrected chi connectivity index (χ3v) is 7.05. The summed E-state index contributed by atoms with van der Waals surface area (Å²) in [6.07, 6.45) is 0. The number of esters is 1. The molecule has 0 saturated carbocycles. The molecule has 4 aromatic carbocycles. The number of nitrogens with zero attached hydrogens (tertiary/aromatic N) is 1. The van der Waals surface area contributed by atoms with E-state index in [0.29, 0.717) is 43.2 Å². The highest BCUT2D eigenvalue weighted by atomic mass is 35.5. The van der Waals surface area contributed by atoms with Gasteiger partial charge in [-0.2, -0.15) is 0 Å². The van der Waals surface area contributed by atoms with Crippen molar-refractivity contribution in [2.45, 2.75) is 0 Å². The van der Waals surface area contributed by atoms with E-state index in [1.807, 2.05) is 0 Å². The van der Waals surface area contributed by atoms with Crippen molar-refractivity contribution in [3.63, 3.8) is 0 Å². The second-order valence-corrected chi connectivity index (χ2v) is 10.0. The third-order valence-electron chi connectivity index (χ3n) is 6.08. The first-order chi connectivity index (χ1) is 19.6. The number of H-pyrrole nitrogens is 1. The van der Waals surface area contributed by atoms with E-state index in [-0.39, 0.29) is 22.4 Å². The number of halogens is 3. The van der Waals surface area contributed by atoms with Crippen molar-refractivity contribution in [3.05, 3.63) is 105 Å². The topological polar surface area (TPSA) is 133 Å². The average molecular weight is 610 g/mol. The molecule has 9 nitrogen and oxygen atoms in total. The van der Waals surface area contributed by atoms with Gasteiger partial charge in [-0.3, -0.25) is 9.59 Å². The molecular weight excluding hydrogens is 591 g/mol. The molecule has 0 aliphatic heterocycles. The molecule has 0 radical (unpaired) electrons. The van der Waals surface area contributed by atoms with Crippen LogP contribution in [0, 0.1) is 0 Å². The van der Waals surface area contributed by atoms with Crippen LogP contribution in [-0.2, 0) is 4.74 Å². The number of benzene rings is 4. The lowest BCUT2D eigenvalue weighted by molar-refractivity contribution is 0.0601. The van der Waals surface area contributed by atoms with Crippen LogP contribution >= 0.6 is 34.8 Å². The fourth-order valence-electron chi connectivity index (χ4n) is 4.00. The first-order valence-corrected chi connectivity index (χ1v) is 13.0. The van der Waals surface area contributed by atoms with Gasteiger partial charge in [-0.25, -0.2) is 9.78 Å². The van der Waals surface area contributed by atoms with Crippen LogP contribution in [0.25, 0.3) is 22.4 Å². The molecule has 0 atom stereocenters. The standard InChI is InChI=1S/C29H19Cl3N4O5/c1-41-29(40)18-11-25(37)19(28(39)33-17-8-6-16(30)7-9-17)10-22(18)36-27(38)15-4-2-14(3-5-15)26-34-23-12-20(31)21(32)13-24(23)35-26/h2-13,37H,1H3,(H,33,39)(H,34,35)(H,36,38). The Morgan fingerprint density at radius 3 is 2.20 bits per heavy atom. The number of amides is 2. The van der Waals surface area contributed by atoms with E-state index in [9.17, 15) is 19.5 Å². The van der Waals surface area contributed by atoms with Gasteiger partial charge in [-0.1, -0.05) is 46.9 Å². The largest absolute Gasteiger partial charge is 0.507 e. The molecule has 0 fully saturated rings. The van der Waals surface area contributed by atoms with Crippen LogP contribution in [0.1, 0.15) is 31.1 Å². The van der Waals surface area contributed by atoms with Gasteiger partial charge in [0.25, 0.3) is 11.8 Å². The minimum atomic E-state index is -0.819. The lowest BCUT2D eigenvalue weighted by Crippen LogP contribution is -2.18. The summed E-state index contributed by atoms with van der Waals surface area (Å²) in [4.78, 5) is 46.1. The molecule has 206 valence electrons. The summed E-state index contributed by atoms with van der Waals surface area (Å²) < 4.78 is 4.79. The quantitative estimate of drug-likeness (QED) is 0.119. The molecule has 4 N–H and O–H groups in total. The number of carbonyl (C=O) groups excluding carboxylic acids is 3. The van der Waals surface area contributed by atoms with Crippen LogP contribution in [0.15, 0.2) is 72.8 Å². The Morgan fingerprint density at radius 2 is 1.51 bits per heavy atom. The number of ether oxygens (including phenoxy) is 1. The Morgan fingerprint density at radius 1 is 0.829 bits per heavy atom. The maximum absolute atomic E-state index is 13.1. The highest BCUT2D eigenvalue weighted by Gasteiger charge is 2.22. The van der Waals surface area contributed by atoms with Gasteiger partial charge in [0.1, 0.15) is 11.6 Å². The summed E-state index contributed by atoms with van der Waals surface area (Å²) in [6.45, 7) is 0. The Bertz CT molecular complexity index is 1780. The van der Waals surface area contributed by atoms with E-state index in [1.54, 1.807) is 60.7 Å². The zero-order valence-electron chi connectivity index (χ0n) is 21.1. The van der Waals surface area contributed by atoms with Crippen LogP contribution < -0.4 is 10.6 Å². The summed E-state index contributed by atoms with van der Waals surface area (Å²) in [5.41, 5.74) is 2.37. The molecule has 0 bridgehead atoms. The van der Waals surface area contributed by atoms with E-state index in [0.717, 1.165) is 13.2 Å². The molecule has 0 unspecified atom stereocenters. The molecule has 5 aromatic rings. The molecule has 41 heavy (non-hydrogen) atoms. The van der Waals surface area contributed by atoms with Crippen LogP contribution in [-0.4, -0.2) is 40.0 Å². The van der Waals surface area contributed by atoms with Crippen molar-refractivity contribution in [2.24, 2.45) is 0 Å². The average Bonchev–Trinajstić information content (AvgIpc) is 3.37. The minimum absolute atomic E-state index is 0.0315. The minimum Gasteiger partial charge on any atom is -0.507 e. The second-order valence-electron chi connectivity index (χ2n) is 8.77. The van der Waals surface area contributed by atoms with Crippen LogP contribution in [0.3, 0.4) is 0 Å². The molecule has 2 amide bonds. The van der Waals surface area contributed by atoms with Crippen LogP contribution in [0.5, 0.6) is 5.75 Å². The van der Waals surface area contributed by atoms with Gasteiger partial charge in [0.2, 0.25) is 0 Å². The van der Waals surface area contributed by atoms with Crippen LogP contribution in [0.4, 0.5) is 11.4 Å². The summed E-state index contributed by atoms with van der Waals surface area (Å²) in [5.74, 6) is -1.99. The van der Waals surface area contributed by atoms with Gasteiger partial charge in [-0.05, 0) is 60.7 Å². The highest BCUT2D eigenvalue weighted by Crippen LogP contribution is 2.30. The van der Waals surface area contributed by atoms with E-state index in [2.05, 4.69) is 20.6 Å². The lowest BCUT2D eigenvalue weighted by Gasteiger charge is -2.14. The molecule has 0 spiro atoms. The monoisotopic (exact) mass is 608 g/mol. The van der Waals surface area contributed by atoms with Crippen molar-refractivity contribution in [1.82, 2.24) is 9.97 Å². The number of aromatic nitrogens is 2. The number of carbonyl (C=O) groups is 3. The number of imidazole rings is 1. The normalized spacial score (nSPS) is 10.8. The molecule has 1 aromatic heterocycles. The van der Waals surface area contributed by atoms with Crippen molar-refractivity contribution in [1.29, 1.82) is 0 Å². The first kappa shape index (κ1) is 28.0. The molecule has 5 rings (SSSR count). The van der Waals surface area contributed by atoms with Crippen LogP contribution in [0.2, 0.25) is 15.1 Å². The molecule has 1 heterocycles. The second kappa shape index (κ2) is 11.5. The Hall–Kier alpha value is -4.57. The number of aromatic amines is 1. The van der Waals surface area contributed by atoms with Gasteiger partial charge in [0, 0.05) is 21.8 Å². The number of rotatable bonds is 6. The van der Waals surface area contributed by atoms with Crippen molar-refractivity contribution in [3.8, 4) is 17.1 Å². The van der Waals surface area contributed by atoms with E-state index >= 15 is 0 Å². The Kier molecular flexibility index (Phi) is 7.85. The molecule has 0 saturated heterocycles. The molecular formula is C29H19Cl3N4O5. The van der Waals surface area contributed by atoms with Gasteiger partial charge >= 0.3 is 5.97 Å². The van der Waals surface area contributed by atoms with E-state index in [4.69, 9.17) is 39.5 Å². The summed E-state index contributed by atoms with van der Waals surface area (Å²) >= 11 is 18.1. The zero-order valence-corrected chi connectivity index (χ0v) is 23.4. The van der Waals surface area contributed by atoms with E-state index < -0.39 is 23.5 Å². The fraction of sp³-hybridized carbons (Fsp3) is 0.0345. The first-order valence-electron chi connectivity index (χ1n) is 11.9. The third kappa shape index (κ3) is 5.97. The number of phenolic OH excluding ortho intramolecular Hbond substituents is 1. The van der Waals surface area contributed by atoms with Gasteiger partial charge < -0.3 is 25.5 Å². The number of phenols is 1. The van der Waals surface area contributed by atoms with Crippen molar-refractivity contribution in [2.75, 3.05) is 17.7 Å². The summed E-state index contributed by atoms with van der Waals surface area (Å²) in [6, 6.07) is 18.5. The predicted molar refractivity (Wildman–Crippen MR) is 158 cm³/mol. The smallest absolute Gasteiger partial charge is 0.340 e.